The van der Waals surface area contributed by atoms with Crippen LogP contribution < -0.4 is 5.32 Å². The quantitative estimate of drug-likeness (QED) is 0.867. The standard InChI is InChI=1S/C16H30N4O/c1-12(2)19-8-9-21-16(11-19)15(17-5)10-14-6-7-20(18-14)13(3)4/h6-7,12-13,15-17H,8-11H2,1-5H3. The zero-order valence-electron chi connectivity index (χ0n) is 14.0. The van der Waals surface area contributed by atoms with Gasteiger partial charge in [-0.25, -0.2) is 0 Å². The molecule has 0 aromatic carbocycles. The molecule has 2 atom stereocenters. The summed E-state index contributed by atoms with van der Waals surface area (Å²) in [7, 11) is 2.02. The van der Waals surface area contributed by atoms with Crippen molar-refractivity contribution in [1.29, 1.82) is 0 Å². The van der Waals surface area contributed by atoms with E-state index in [1.54, 1.807) is 0 Å². The van der Waals surface area contributed by atoms with Gasteiger partial charge in [0.05, 0.1) is 18.4 Å². The molecule has 1 saturated heterocycles. The number of ether oxygens (including phenoxy) is 1. The van der Waals surface area contributed by atoms with Gasteiger partial charge in [-0.15, -0.1) is 0 Å². The molecule has 1 aromatic heterocycles. The van der Waals surface area contributed by atoms with E-state index in [-0.39, 0.29) is 6.10 Å². The van der Waals surface area contributed by atoms with Crippen LogP contribution in [0.1, 0.15) is 39.4 Å². The van der Waals surface area contributed by atoms with Gasteiger partial charge in [0.1, 0.15) is 0 Å². The topological polar surface area (TPSA) is 42.3 Å². The van der Waals surface area contributed by atoms with E-state index < -0.39 is 0 Å². The summed E-state index contributed by atoms with van der Waals surface area (Å²) in [6.07, 6.45) is 3.21. The maximum absolute atomic E-state index is 6.00. The first kappa shape index (κ1) is 16.5. The second-order valence-electron chi connectivity index (χ2n) is 6.48. The van der Waals surface area contributed by atoms with Crippen molar-refractivity contribution in [2.75, 3.05) is 26.7 Å². The third kappa shape index (κ3) is 4.28. The molecule has 120 valence electrons. The molecule has 0 spiro atoms. The molecule has 2 heterocycles. The summed E-state index contributed by atoms with van der Waals surface area (Å²) >= 11 is 0. The van der Waals surface area contributed by atoms with Gasteiger partial charge >= 0.3 is 0 Å². The number of nitrogens with zero attached hydrogens (tertiary/aromatic N) is 3. The van der Waals surface area contributed by atoms with Crippen LogP contribution >= 0.6 is 0 Å². The van der Waals surface area contributed by atoms with Crippen molar-refractivity contribution >= 4 is 0 Å². The summed E-state index contributed by atoms with van der Waals surface area (Å²) in [6.45, 7) is 11.7. The largest absolute Gasteiger partial charge is 0.374 e. The third-order valence-electron chi connectivity index (χ3n) is 4.30. The predicted octanol–water partition coefficient (Wildman–Crippen LogP) is 1.70. The van der Waals surface area contributed by atoms with E-state index >= 15 is 0 Å². The lowest BCUT2D eigenvalue weighted by Crippen LogP contribution is -2.53. The molecular formula is C16H30N4O. The van der Waals surface area contributed by atoms with Gasteiger partial charge in [0.2, 0.25) is 0 Å². The Balaban J connectivity index is 1.98. The highest BCUT2D eigenvalue weighted by Gasteiger charge is 2.28. The molecule has 1 aliphatic heterocycles. The molecule has 1 N–H and O–H groups in total. The molecule has 1 aliphatic rings. The van der Waals surface area contributed by atoms with Crippen LogP contribution in [0.3, 0.4) is 0 Å². The summed E-state index contributed by atoms with van der Waals surface area (Å²) in [6, 6.07) is 3.41. The van der Waals surface area contributed by atoms with E-state index in [2.05, 4.69) is 55.3 Å². The first-order valence-corrected chi connectivity index (χ1v) is 8.08. The van der Waals surface area contributed by atoms with E-state index in [4.69, 9.17) is 4.74 Å². The van der Waals surface area contributed by atoms with Gasteiger partial charge in [-0.2, -0.15) is 5.10 Å². The zero-order valence-corrected chi connectivity index (χ0v) is 14.0. The van der Waals surface area contributed by atoms with Gasteiger partial charge < -0.3 is 10.1 Å². The molecule has 1 aromatic rings. The minimum Gasteiger partial charge on any atom is -0.374 e. The highest BCUT2D eigenvalue weighted by Crippen LogP contribution is 2.15. The number of hydrogen-bond donors (Lipinski definition) is 1. The van der Waals surface area contributed by atoms with Gasteiger partial charge in [-0.1, -0.05) is 0 Å². The molecule has 0 saturated carbocycles. The molecule has 0 radical (unpaired) electrons. The van der Waals surface area contributed by atoms with E-state index in [0.717, 1.165) is 31.8 Å². The Morgan fingerprint density at radius 3 is 2.67 bits per heavy atom. The monoisotopic (exact) mass is 294 g/mol. The van der Waals surface area contributed by atoms with Crippen LogP contribution in [0.15, 0.2) is 12.3 Å². The summed E-state index contributed by atoms with van der Waals surface area (Å²) < 4.78 is 8.02. The smallest absolute Gasteiger partial charge is 0.0859 e. The highest BCUT2D eigenvalue weighted by molar-refractivity contribution is 5.04. The van der Waals surface area contributed by atoms with Crippen LogP contribution in [0.4, 0.5) is 0 Å². The van der Waals surface area contributed by atoms with Crippen LogP contribution in [0, 0.1) is 0 Å². The van der Waals surface area contributed by atoms with Crippen LogP contribution in [0.5, 0.6) is 0 Å². The Morgan fingerprint density at radius 2 is 2.10 bits per heavy atom. The van der Waals surface area contributed by atoms with Crippen LogP contribution in [-0.2, 0) is 11.2 Å². The van der Waals surface area contributed by atoms with Gasteiger partial charge in [-0.3, -0.25) is 9.58 Å². The fourth-order valence-corrected chi connectivity index (χ4v) is 2.83. The number of morpholine rings is 1. The van der Waals surface area contributed by atoms with E-state index in [0.29, 0.717) is 18.1 Å². The number of likely N-dealkylation sites (N-methyl/N-ethyl adjacent to an activating group) is 1. The molecule has 2 rings (SSSR count). The van der Waals surface area contributed by atoms with Crippen molar-refractivity contribution in [2.24, 2.45) is 0 Å². The Labute approximate surface area is 128 Å². The molecule has 0 aliphatic carbocycles. The van der Waals surface area contributed by atoms with Crippen molar-refractivity contribution in [1.82, 2.24) is 20.0 Å². The fraction of sp³-hybridized carbons (Fsp3) is 0.812. The summed E-state index contributed by atoms with van der Waals surface area (Å²) in [5.41, 5.74) is 1.13. The molecule has 2 unspecified atom stereocenters. The van der Waals surface area contributed by atoms with Crippen LogP contribution in [0.25, 0.3) is 0 Å². The van der Waals surface area contributed by atoms with Crippen molar-refractivity contribution < 1.29 is 4.74 Å². The zero-order chi connectivity index (χ0) is 15.4. The fourth-order valence-electron chi connectivity index (χ4n) is 2.83. The molecule has 1 fully saturated rings. The van der Waals surface area contributed by atoms with E-state index in [1.165, 1.54) is 0 Å². The summed E-state index contributed by atoms with van der Waals surface area (Å²) in [5, 5.41) is 8.07. The molecule has 0 bridgehead atoms. The lowest BCUT2D eigenvalue weighted by molar-refractivity contribution is -0.0543. The lowest BCUT2D eigenvalue weighted by Gasteiger charge is -2.38. The van der Waals surface area contributed by atoms with Crippen molar-refractivity contribution in [3.05, 3.63) is 18.0 Å². The molecule has 0 amide bonds. The number of aromatic nitrogens is 2. The highest BCUT2D eigenvalue weighted by atomic mass is 16.5. The predicted molar refractivity (Wildman–Crippen MR) is 85.6 cm³/mol. The second kappa shape index (κ2) is 7.38. The normalized spacial score (nSPS) is 22.1. The van der Waals surface area contributed by atoms with Crippen LogP contribution in [-0.4, -0.2) is 59.6 Å². The molecule has 21 heavy (non-hydrogen) atoms. The van der Waals surface area contributed by atoms with Crippen molar-refractivity contribution in [3.8, 4) is 0 Å². The Bertz CT molecular complexity index is 430. The first-order chi connectivity index (χ1) is 10.0. The minimum absolute atomic E-state index is 0.232. The van der Waals surface area contributed by atoms with E-state index in [1.807, 2.05) is 11.7 Å². The summed E-state index contributed by atoms with van der Waals surface area (Å²) in [5.74, 6) is 0. The van der Waals surface area contributed by atoms with Gasteiger partial charge in [0.25, 0.3) is 0 Å². The van der Waals surface area contributed by atoms with Crippen molar-refractivity contribution in [2.45, 2.75) is 58.3 Å². The van der Waals surface area contributed by atoms with E-state index in [9.17, 15) is 0 Å². The SMILES string of the molecule is CNC(Cc1ccn(C(C)C)n1)C1CN(C(C)C)CCO1. The van der Waals surface area contributed by atoms with Crippen LogP contribution in [0.2, 0.25) is 0 Å². The maximum atomic E-state index is 6.00. The average molecular weight is 294 g/mol. The lowest BCUT2D eigenvalue weighted by atomic mass is 10.0. The second-order valence-corrected chi connectivity index (χ2v) is 6.48. The molecular weight excluding hydrogens is 264 g/mol. The molecule has 5 heteroatoms. The van der Waals surface area contributed by atoms with Crippen molar-refractivity contribution in [3.63, 3.8) is 0 Å². The minimum atomic E-state index is 0.232. The third-order valence-corrected chi connectivity index (χ3v) is 4.30. The van der Waals surface area contributed by atoms with Gasteiger partial charge in [0, 0.05) is 43.8 Å². The summed E-state index contributed by atoms with van der Waals surface area (Å²) in [4.78, 5) is 2.49. The number of nitrogens with one attached hydrogen (secondary N) is 1. The number of rotatable bonds is 6. The Kier molecular flexibility index (Phi) is 5.79. The number of hydrogen-bond acceptors (Lipinski definition) is 4. The molecule has 5 nitrogen and oxygen atoms in total. The van der Waals surface area contributed by atoms with Gasteiger partial charge in [0.15, 0.2) is 0 Å². The Morgan fingerprint density at radius 1 is 1.33 bits per heavy atom. The maximum Gasteiger partial charge on any atom is 0.0859 e. The van der Waals surface area contributed by atoms with Gasteiger partial charge in [-0.05, 0) is 40.8 Å². The first-order valence-electron chi connectivity index (χ1n) is 8.08. The average Bonchev–Trinajstić information content (AvgIpc) is 2.93. The Hall–Kier alpha value is -0.910.